The molecule has 0 aromatic rings. The van der Waals surface area contributed by atoms with E-state index in [1.54, 1.807) is 0 Å². The van der Waals surface area contributed by atoms with E-state index in [2.05, 4.69) is 41.2 Å². The minimum Gasteiger partial charge on any atom is -0.409 e. The average molecular weight is 663 g/mol. The van der Waals surface area contributed by atoms with Gasteiger partial charge in [-0.3, -0.25) is 4.48 Å². The molecule has 0 aromatic carbocycles. The van der Waals surface area contributed by atoms with Crippen LogP contribution in [0.1, 0.15) is 240 Å². The van der Waals surface area contributed by atoms with Gasteiger partial charge in [0, 0.05) is 12.5 Å². The molecule has 0 rings (SSSR count). The molecular formula is C44H88NO2+. The van der Waals surface area contributed by atoms with Crippen molar-refractivity contribution in [1.29, 1.82) is 0 Å². The highest BCUT2D eigenvalue weighted by Gasteiger charge is 2.35. The van der Waals surface area contributed by atoms with Crippen molar-refractivity contribution in [3.63, 3.8) is 0 Å². The van der Waals surface area contributed by atoms with E-state index in [4.69, 9.17) is 4.74 Å². The second-order valence-corrected chi connectivity index (χ2v) is 15.3. The van der Waals surface area contributed by atoms with Gasteiger partial charge in [-0.15, -0.1) is 0 Å². The third-order valence-electron chi connectivity index (χ3n) is 10.8. The lowest BCUT2D eigenvalue weighted by Gasteiger charge is -2.43. The number of rotatable bonds is 38. The smallest absolute Gasteiger partial charge is 0.337 e. The Morgan fingerprint density at radius 2 is 0.702 bits per heavy atom. The number of hydrogen-bond acceptors (Lipinski definition) is 2. The minimum absolute atomic E-state index is 0.0907. The molecule has 47 heavy (non-hydrogen) atoms. The fourth-order valence-corrected chi connectivity index (χ4v) is 7.31. The number of esters is 1. The molecule has 3 heteroatoms. The van der Waals surface area contributed by atoms with Crippen LogP contribution in [0, 0.1) is 0 Å². The first-order valence-electron chi connectivity index (χ1n) is 21.7. The molecule has 3 nitrogen and oxygen atoms in total. The Morgan fingerprint density at radius 1 is 0.447 bits per heavy atom. The highest BCUT2D eigenvalue weighted by Crippen LogP contribution is 2.25. The standard InChI is InChI=1S/C44H88NO2/c1-7-11-15-19-22-25-28-31-35-39-45(40-36-32-29-26-23-20-16-12-8-2,41-37-33-30-27-24-21-17-13-9-3)43(6)47-44(46)42(5)38-34-18-14-10-4/h43H,5,7-41H2,1-4,6H3/q+1. The maximum absolute atomic E-state index is 13.3. The molecule has 0 aliphatic rings. The second kappa shape index (κ2) is 35.0. The zero-order valence-corrected chi connectivity index (χ0v) is 33.3. The van der Waals surface area contributed by atoms with E-state index in [-0.39, 0.29) is 12.2 Å². The van der Waals surface area contributed by atoms with E-state index in [1.165, 1.54) is 193 Å². The normalized spacial score (nSPS) is 12.4. The molecule has 0 aromatic heterocycles. The molecule has 1 atom stereocenters. The molecule has 0 bridgehead atoms. The summed E-state index contributed by atoms with van der Waals surface area (Å²) in [5.74, 6) is -0.136. The summed E-state index contributed by atoms with van der Waals surface area (Å²) in [6.07, 6.45) is 42.0. The van der Waals surface area contributed by atoms with Crippen LogP contribution in [0.3, 0.4) is 0 Å². The highest BCUT2D eigenvalue weighted by atomic mass is 16.6. The van der Waals surface area contributed by atoms with Gasteiger partial charge in [0.1, 0.15) is 0 Å². The quantitative estimate of drug-likeness (QED) is 0.0216. The number of unbranched alkanes of at least 4 members (excludes halogenated alkanes) is 27. The summed E-state index contributed by atoms with van der Waals surface area (Å²) >= 11 is 0. The Hall–Kier alpha value is -0.830. The monoisotopic (exact) mass is 663 g/mol. The maximum Gasteiger partial charge on any atom is 0.337 e. The first-order chi connectivity index (χ1) is 23.0. The summed E-state index contributed by atoms with van der Waals surface area (Å²) in [5.41, 5.74) is 0.681. The van der Waals surface area contributed by atoms with E-state index in [9.17, 15) is 4.79 Å². The second-order valence-electron chi connectivity index (χ2n) is 15.3. The lowest BCUT2D eigenvalue weighted by Crippen LogP contribution is -2.57. The molecule has 0 aliphatic heterocycles. The van der Waals surface area contributed by atoms with Crippen LogP contribution < -0.4 is 0 Å². The summed E-state index contributed by atoms with van der Waals surface area (Å²) in [5, 5.41) is 0. The van der Waals surface area contributed by atoms with Crippen molar-refractivity contribution in [2.45, 2.75) is 246 Å². The Labute approximate surface area is 297 Å². The SMILES string of the molecule is C=C(CCCCCC)C(=O)OC(C)[N+](CCCCCCCCCCC)(CCCCCCCCCCC)CCCCCCCCCCC. The van der Waals surface area contributed by atoms with Crippen LogP contribution in [0.5, 0.6) is 0 Å². The van der Waals surface area contributed by atoms with Gasteiger partial charge in [0.2, 0.25) is 6.23 Å². The van der Waals surface area contributed by atoms with Crippen molar-refractivity contribution in [3.05, 3.63) is 12.2 Å². The molecule has 0 fully saturated rings. The predicted molar refractivity (Wildman–Crippen MR) is 210 cm³/mol. The number of hydrogen-bond donors (Lipinski definition) is 0. The van der Waals surface area contributed by atoms with Crippen molar-refractivity contribution in [3.8, 4) is 0 Å². The third-order valence-corrected chi connectivity index (χ3v) is 10.8. The Morgan fingerprint density at radius 3 is 1.00 bits per heavy atom. The fraction of sp³-hybridized carbons (Fsp3) is 0.932. The van der Waals surface area contributed by atoms with Crippen LogP contribution in [-0.4, -0.2) is 36.3 Å². The van der Waals surface area contributed by atoms with Crippen LogP contribution in [0.2, 0.25) is 0 Å². The van der Waals surface area contributed by atoms with Crippen LogP contribution in [0.25, 0.3) is 0 Å². The molecule has 0 spiro atoms. The van der Waals surface area contributed by atoms with Gasteiger partial charge < -0.3 is 4.74 Å². The van der Waals surface area contributed by atoms with Gasteiger partial charge in [-0.1, -0.05) is 188 Å². The van der Waals surface area contributed by atoms with E-state index in [0.29, 0.717) is 5.57 Å². The molecule has 0 saturated carbocycles. The van der Waals surface area contributed by atoms with Gasteiger partial charge in [0.05, 0.1) is 19.6 Å². The summed E-state index contributed by atoms with van der Waals surface area (Å²) in [6, 6.07) is 0. The first kappa shape index (κ1) is 46.2. The van der Waals surface area contributed by atoms with Crippen LogP contribution in [-0.2, 0) is 9.53 Å². The summed E-state index contributed by atoms with van der Waals surface area (Å²) in [4.78, 5) is 13.3. The molecule has 0 radical (unpaired) electrons. The number of carbonyl (C=O) groups is 1. The fourth-order valence-electron chi connectivity index (χ4n) is 7.31. The van der Waals surface area contributed by atoms with Gasteiger partial charge in [-0.25, -0.2) is 4.79 Å². The molecule has 0 aliphatic carbocycles. The maximum atomic E-state index is 13.3. The third kappa shape index (κ3) is 27.7. The van der Waals surface area contributed by atoms with Gasteiger partial charge in [0.15, 0.2) is 0 Å². The lowest BCUT2D eigenvalue weighted by molar-refractivity contribution is -0.968. The van der Waals surface area contributed by atoms with Crippen LogP contribution in [0.15, 0.2) is 12.2 Å². The molecule has 0 saturated heterocycles. The first-order valence-corrected chi connectivity index (χ1v) is 21.7. The van der Waals surface area contributed by atoms with Crippen molar-refractivity contribution < 1.29 is 14.0 Å². The van der Waals surface area contributed by atoms with Crippen molar-refractivity contribution in [2.75, 3.05) is 19.6 Å². The van der Waals surface area contributed by atoms with Crippen LogP contribution in [0.4, 0.5) is 0 Å². The molecular weight excluding hydrogens is 574 g/mol. The number of quaternary nitrogens is 1. The molecule has 0 N–H and O–H groups in total. The summed E-state index contributed by atoms with van der Waals surface area (Å²) in [7, 11) is 0. The number of carbonyl (C=O) groups excluding carboxylic acids is 1. The van der Waals surface area contributed by atoms with E-state index in [1.807, 2.05) is 0 Å². The van der Waals surface area contributed by atoms with Gasteiger partial charge >= 0.3 is 5.97 Å². The predicted octanol–water partition coefficient (Wildman–Crippen LogP) is 14.8. The molecule has 0 amide bonds. The van der Waals surface area contributed by atoms with Gasteiger partial charge in [-0.2, -0.15) is 0 Å². The van der Waals surface area contributed by atoms with Gasteiger partial charge in [0.25, 0.3) is 0 Å². The van der Waals surface area contributed by atoms with Crippen LogP contribution >= 0.6 is 0 Å². The molecule has 1 unspecified atom stereocenters. The van der Waals surface area contributed by atoms with E-state index in [0.717, 1.165) is 37.0 Å². The van der Waals surface area contributed by atoms with E-state index < -0.39 is 0 Å². The van der Waals surface area contributed by atoms with E-state index >= 15 is 0 Å². The minimum atomic E-state index is -0.136. The molecule has 280 valence electrons. The highest BCUT2D eigenvalue weighted by molar-refractivity contribution is 5.87. The van der Waals surface area contributed by atoms with Crippen molar-refractivity contribution in [1.82, 2.24) is 0 Å². The Bertz CT molecular complexity index is 619. The van der Waals surface area contributed by atoms with Crippen molar-refractivity contribution >= 4 is 5.97 Å². The zero-order chi connectivity index (χ0) is 34.7. The number of ether oxygens (including phenoxy) is 1. The summed E-state index contributed by atoms with van der Waals surface area (Å²) in [6.45, 7) is 19.0. The average Bonchev–Trinajstić information content (AvgIpc) is 3.07. The van der Waals surface area contributed by atoms with Crippen molar-refractivity contribution in [2.24, 2.45) is 0 Å². The Balaban J connectivity index is 5.32. The lowest BCUT2D eigenvalue weighted by atomic mass is 10.0. The van der Waals surface area contributed by atoms with Gasteiger partial charge in [-0.05, 0) is 51.4 Å². The molecule has 0 heterocycles. The topological polar surface area (TPSA) is 26.3 Å². The zero-order valence-electron chi connectivity index (χ0n) is 33.3. The summed E-state index contributed by atoms with van der Waals surface area (Å²) < 4.78 is 7.34. The largest absolute Gasteiger partial charge is 0.409 e. The number of nitrogens with zero attached hydrogens (tertiary/aromatic N) is 1. The Kier molecular flexibility index (Phi) is 34.4.